The van der Waals surface area contributed by atoms with Crippen LogP contribution in [-0.4, -0.2) is 29.0 Å². The smallest absolute Gasteiger partial charge is 0.282 e. The van der Waals surface area contributed by atoms with Crippen LogP contribution in [0.15, 0.2) is 47.4 Å². The molecule has 0 bridgehead atoms. The standard InChI is InChI=1S/C18H20N2O3S/c1-4-13-5-7-14(8-6-13)12-19(2)18(21)16-11-15(24-3)9-10-17(16)20(22)23/h5-11H,4,12H2,1-3H3. The molecule has 5 nitrogen and oxygen atoms in total. The number of nitrogens with zero attached hydrogens (tertiary/aromatic N) is 2. The maximum absolute atomic E-state index is 12.7. The first kappa shape index (κ1) is 18.0. The van der Waals surface area contributed by atoms with Crippen molar-refractivity contribution in [2.75, 3.05) is 13.3 Å². The molecule has 0 aromatic heterocycles. The third-order valence-corrected chi connectivity index (χ3v) is 4.55. The predicted octanol–water partition coefficient (Wildman–Crippen LogP) is 4.15. The molecule has 6 heteroatoms. The van der Waals surface area contributed by atoms with Gasteiger partial charge < -0.3 is 4.90 Å². The summed E-state index contributed by atoms with van der Waals surface area (Å²) in [4.78, 5) is 25.7. The minimum absolute atomic E-state index is 0.125. The van der Waals surface area contributed by atoms with Gasteiger partial charge in [-0.3, -0.25) is 14.9 Å². The topological polar surface area (TPSA) is 63.5 Å². The molecular weight excluding hydrogens is 324 g/mol. The molecule has 0 spiro atoms. The van der Waals surface area contributed by atoms with Gasteiger partial charge in [0.2, 0.25) is 0 Å². The third-order valence-electron chi connectivity index (χ3n) is 3.83. The number of hydrogen-bond acceptors (Lipinski definition) is 4. The van der Waals surface area contributed by atoms with Gasteiger partial charge in [-0.1, -0.05) is 31.2 Å². The van der Waals surface area contributed by atoms with Gasteiger partial charge in [-0.25, -0.2) is 0 Å². The van der Waals surface area contributed by atoms with Crippen molar-refractivity contribution in [2.45, 2.75) is 24.8 Å². The van der Waals surface area contributed by atoms with E-state index in [9.17, 15) is 14.9 Å². The number of benzene rings is 2. The highest BCUT2D eigenvalue weighted by molar-refractivity contribution is 7.98. The minimum Gasteiger partial charge on any atom is -0.337 e. The molecule has 0 saturated carbocycles. The maximum Gasteiger partial charge on any atom is 0.282 e. The Hall–Kier alpha value is -2.34. The third kappa shape index (κ3) is 4.14. The lowest BCUT2D eigenvalue weighted by Crippen LogP contribution is -2.27. The van der Waals surface area contributed by atoms with Crippen LogP contribution in [0.3, 0.4) is 0 Å². The molecule has 0 fully saturated rings. The fourth-order valence-electron chi connectivity index (χ4n) is 2.40. The molecule has 0 atom stereocenters. The highest BCUT2D eigenvalue weighted by Gasteiger charge is 2.23. The van der Waals surface area contributed by atoms with E-state index in [-0.39, 0.29) is 17.2 Å². The lowest BCUT2D eigenvalue weighted by Gasteiger charge is -2.18. The molecule has 0 heterocycles. The fourth-order valence-corrected chi connectivity index (χ4v) is 2.84. The van der Waals surface area contributed by atoms with Gasteiger partial charge in [0.05, 0.1) is 4.92 Å². The number of nitro groups is 1. The monoisotopic (exact) mass is 344 g/mol. The summed E-state index contributed by atoms with van der Waals surface area (Å²) in [5.74, 6) is -0.350. The first-order valence-electron chi connectivity index (χ1n) is 7.62. The average molecular weight is 344 g/mol. The Kier molecular flexibility index (Phi) is 5.98. The number of carbonyl (C=O) groups is 1. The maximum atomic E-state index is 12.7. The Morgan fingerprint density at radius 1 is 1.17 bits per heavy atom. The van der Waals surface area contributed by atoms with Crippen LogP contribution >= 0.6 is 11.8 Å². The summed E-state index contributed by atoms with van der Waals surface area (Å²) in [6.45, 7) is 2.49. The lowest BCUT2D eigenvalue weighted by atomic mass is 10.1. The van der Waals surface area contributed by atoms with Crippen molar-refractivity contribution in [1.82, 2.24) is 4.90 Å². The summed E-state index contributed by atoms with van der Waals surface area (Å²) >= 11 is 1.45. The highest BCUT2D eigenvalue weighted by atomic mass is 32.2. The van der Waals surface area contributed by atoms with Gasteiger partial charge in [0.15, 0.2) is 0 Å². The van der Waals surface area contributed by atoms with E-state index < -0.39 is 4.92 Å². The molecule has 0 saturated heterocycles. The number of rotatable bonds is 6. The van der Waals surface area contributed by atoms with Crippen molar-refractivity contribution < 1.29 is 9.72 Å². The molecule has 0 N–H and O–H groups in total. The Morgan fingerprint density at radius 3 is 2.33 bits per heavy atom. The van der Waals surface area contributed by atoms with E-state index in [4.69, 9.17) is 0 Å². The van der Waals surface area contributed by atoms with E-state index in [1.807, 2.05) is 30.5 Å². The van der Waals surface area contributed by atoms with Crippen LogP contribution in [0.1, 0.15) is 28.4 Å². The van der Waals surface area contributed by atoms with Crippen molar-refractivity contribution in [3.05, 3.63) is 69.3 Å². The molecule has 0 aliphatic rings. The van der Waals surface area contributed by atoms with E-state index in [0.29, 0.717) is 6.54 Å². The SMILES string of the molecule is CCc1ccc(CN(C)C(=O)c2cc(SC)ccc2[N+](=O)[O-])cc1. The predicted molar refractivity (Wildman–Crippen MR) is 96.5 cm³/mol. The van der Waals surface area contributed by atoms with Crippen LogP contribution in [0, 0.1) is 10.1 Å². The Morgan fingerprint density at radius 2 is 1.79 bits per heavy atom. The van der Waals surface area contributed by atoms with E-state index >= 15 is 0 Å². The second-order valence-corrected chi connectivity index (χ2v) is 6.35. The van der Waals surface area contributed by atoms with E-state index in [1.54, 1.807) is 19.2 Å². The highest BCUT2D eigenvalue weighted by Crippen LogP contribution is 2.26. The van der Waals surface area contributed by atoms with Gasteiger partial charge in [0, 0.05) is 24.6 Å². The second-order valence-electron chi connectivity index (χ2n) is 5.47. The quantitative estimate of drug-likeness (QED) is 0.448. The van der Waals surface area contributed by atoms with Crippen LogP contribution < -0.4 is 0 Å². The van der Waals surface area contributed by atoms with E-state index in [1.165, 1.54) is 28.3 Å². The van der Waals surface area contributed by atoms with Crippen molar-refractivity contribution in [1.29, 1.82) is 0 Å². The van der Waals surface area contributed by atoms with Crippen LogP contribution in [0.5, 0.6) is 0 Å². The zero-order valence-corrected chi connectivity index (χ0v) is 14.8. The first-order valence-corrected chi connectivity index (χ1v) is 8.84. The van der Waals surface area contributed by atoms with Crippen LogP contribution in [-0.2, 0) is 13.0 Å². The summed E-state index contributed by atoms with van der Waals surface area (Å²) in [7, 11) is 1.66. The van der Waals surface area contributed by atoms with Crippen molar-refractivity contribution in [3.8, 4) is 0 Å². The summed E-state index contributed by atoms with van der Waals surface area (Å²) < 4.78 is 0. The molecule has 0 aliphatic carbocycles. The normalized spacial score (nSPS) is 10.5. The van der Waals surface area contributed by atoms with Gasteiger partial charge in [-0.05, 0) is 35.9 Å². The molecule has 126 valence electrons. The number of amides is 1. The molecule has 0 aliphatic heterocycles. The molecule has 2 aromatic carbocycles. The molecular formula is C18H20N2O3S. The summed E-state index contributed by atoms with van der Waals surface area (Å²) in [6.07, 6.45) is 2.83. The number of hydrogen-bond donors (Lipinski definition) is 0. The molecule has 0 unspecified atom stereocenters. The Bertz CT molecular complexity index is 744. The number of thioether (sulfide) groups is 1. The van der Waals surface area contributed by atoms with Crippen LogP contribution in [0.25, 0.3) is 0 Å². The van der Waals surface area contributed by atoms with Gasteiger partial charge in [0.25, 0.3) is 11.6 Å². The summed E-state index contributed by atoms with van der Waals surface area (Å²) in [6, 6.07) is 12.7. The number of nitro benzene ring substituents is 1. The fraction of sp³-hybridized carbons (Fsp3) is 0.278. The van der Waals surface area contributed by atoms with Gasteiger partial charge in [-0.2, -0.15) is 0 Å². The van der Waals surface area contributed by atoms with Gasteiger partial charge in [0.1, 0.15) is 5.56 Å². The first-order chi connectivity index (χ1) is 11.5. The average Bonchev–Trinajstić information content (AvgIpc) is 2.60. The van der Waals surface area contributed by atoms with Gasteiger partial charge >= 0.3 is 0 Å². The molecule has 24 heavy (non-hydrogen) atoms. The molecule has 1 amide bonds. The van der Waals surface area contributed by atoms with E-state index in [2.05, 4.69) is 6.92 Å². The molecule has 2 rings (SSSR count). The summed E-state index contributed by atoms with van der Waals surface area (Å²) in [5.41, 5.74) is 2.19. The lowest BCUT2D eigenvalue weighted by molar-refractivity contribution is -0.385. The molecule has 0 radical (unpaired) electrons. The summed E-state index contributed by atoms with van der Waals surface area (Å²) in [5, 5.41) is 11.2. The van der Waals surface area contributed by atoms with Crippen molar-refractivity contribution >= 4 is 23.4 Å². The van der Waals surface area contributed by atoms with Crippen LogP contribution in [0.4, 0.5) is 5.69 Å². The zero-order valence-electron chi connectivity index (χ0n) is 14.0. The van der Waals surface area contributed by atoms with E-state index in [0.717, 1.165) is 16.9 Å². The minimum atomic E-state index is -0.513. The largest absolute Gasteiger partial charge is 0.337 e. The Balaban J connectivity index is 2.24. The molecule has 2 aromatic rings. The van der Waals surface area contributed by atoms with Crippen molar-refractivity contribution in [3.63, 3.8) is 0 Å². The van der Waals surface area contributed by atoms with Crippen molar-refractivity contribution in [2.24, 2.45) is 0 Å². The van der Waals surface area contributed by atoms with Crippen LogP contribution in [0.2, 0.25) is 0 Å². The second kappa shape index (κ2) is 7.97. The Labute approximate surface area is 145 Å². The van der Waals surface area contributed by atoms with Gasteiger partial charge in [-0.15, -0.1) is 11.8 Å². The number of aryl methyl sites for hydroxylation is 1. The zero-order chi connectivity index (χ0) is 17.7. The number of carbonyl (C=O) groups excluding carboxylic acids is 1.